The second-order valence-electron chi connectivity index (χ2n) is 2.96. The smallest absolute Gasteiger partial charge is 0.423 e. The normalized spacial score (nSPS) is 15.1. The van der Waals surface area contributed by atoms with Crippen molar-refractivity contribution in [2.45, 2.75) is 13.5 Å². The van der Waals surface area contributed by atoms with Gasteiger partial charge in [-0.25, -0.2) is 4.39 Å². The van der Waals surface area contributed by atoms with Gasteiger partial charge in [-0.2, -0.15) is 0 Å². The molecule has 0 fully saturated rings. The first-order chi connectivity index (χ1) is 5.68. The van der Waals surface area contributed by atoms with E-state index < -0.39 is 7.12 Å². The second kappa shape index (κ2) is 2.57. The lowest BCUT2D eigenvalue weighted by molar-refractivity contribution is 0.275. The summed E-state index contributed by atoms with van der Waals surface area (Å²) in [6.45, 7) is 2.06. The average molecular weight is 166 g/mol. The van der Waals surface area contributed by atoms with E-state index in [-0.39, 0.29) is 5.82 Å². The number of aryl methyl sites for hydroxylation is 1. The van der Waals surface area contributed by atoms with Crippen molar-refractivity contribution in [1.82, 2.24) is 0 Å². The molecule has 0 saturated heterocycles. The Morgan fingerprint density at radius 3 is 3.08 bits per heavy atom. The number of benzene rings is 1. The largest absolute Gasteiger partial charge is 0.492 e. The average Bonchev–Trinajstić information content (AvgIpc) is 2.31. The Morgan fingerprint density at radius 2 is 2.33 bits per heavy atom. The lowest BCUT2D eigenvalue weighted by Gasteiger charge is -2.02. The molecule has 1 N–H and O–H groups in total. The molecule has 0 aromatic heterocycles. The van der Waals surface area contributed by atoms with E-state index in [0.29, 0.717) is 6.61 Å². The van der Waals surface area contributed by atoms with Crippen LogP contribution in [0.25, 0.3) is 0 Å². The monoisotopic (exact) mass is 166 g/mol. The van der Waals surface area contributed by atoms with Gasteiger partial charge in [0.05, 0.1) is 6.61 Å². The van der Waals surface area contributed by atoms with Crippen LogP contribution in [-0.2, 0) is 11.3 Å². The molecule has 1 aliphatic heterocycles. The molecule has 0 spiro atoms. The van der Waals surface area contributed by atoms with Gasteiger partial charge < -0.3 is 9.68 Å². The maximum Gasteiger partial charge on any atom is 0.492 e. The standard InChI is InChI=1S/C8H8BFO2/c1-5-2-7(10)3-6-4-12-9(11)8(5)6/h2-3,11H,4H2,1H3. The van der Waals surface area contributed by atoms with E-state index in [1.54, 1.807) is 6.92 Å². The summed E-state index contributed by atoms with van der Waals surface area (Å²) in [6.07, 6.45) is 0. The zero-order valence-corrected chi connectivity index (χ0v) is 6.67. The summed E-state index contributed by atoms with van der Waals surface area (Å²) in [4.78, 5) is 0. The minimum Gasteiger partial charge on any atom is -0.423 e. The molecule has 1 aromatic rings. The highest BCUT2D eigenvalue weighted by atomic mass is 19.1. The van der Waals surface area contributed by atoms with Crippen molar-refractivity contribution in [3.05, 3.63) is 29.1 Å². The van der Waals surface area contributed by atoms with Crippen LogP contribution in [0.15, 0.2) is 12.1 Å². The van der Waals surface area contributed by atoms with E-state index in [4.69, 9.17) is 4.65 Å². The van der Waals surface area contributed by atoms with Crippen LogP contribution in [-0.4, -0.2) is 12.1 Å². The molecule has 62 valence electrons. The van der Waals surface area contributed by atoms with Crippen LogP contribution in [0.2, 0.25) is 0 Å². The first kappa shape index (κ1) is 7.77. The molecule has 0 aliphatic carbocycles. The zero-order valence-electron chi connectivity index (χ0n) is 6.67. The van der Waals surface area contributed by atoms with Gasteiger partial charge in [-0.15, -0.1) is 0 Å². The fraction of sp³-hybridized carbons (Fsp3) is 0.250. The highest BCUT2D eigenvalue weighted by Gasteiger charge is 2.29. The van der Waals surface area contributed by atoms with Crippen LogP contribution in [0.1, 0.15) is 11.1 Å². The Balaban J connectivity index is 2.60. The molecule has 0 atom stereocenters. The summed E-state index contributed by atoms with van der Waals surface area (Å²) < 4.78 is 17.8. The lowest BCUT2D eigenvalue weighted by atomic mass is 9.76. The Morgan fingerprint density at radius 1 is 1.58 bits per heavy atom. The van der Waals surface area contributed by atoms with Crippen molar-refractivity contribution in [2.75, 3.05) is 0 Å². The van der Waals surface area contributed by atoms with E-state index in [9.17, 15) is 9.41 Å². The second-order valence-corrected chi connectivity index (χ2v) is 2.96. The van der Waals surface area contributed by atoms with Gasteiger partial charge in [0.15, 0.2) is 0 Å². The van der Waals surface area contributed by atoms with Gasteiger partial charge in [-0.05, 0) is 35.6 Å². The Labute approximate surface area is 70.1 Å². The van der Waals surface area contributed by atoms with Crippen LogP contribution in [0.4, 0.5) is 4.39 Å². The molecule has 12 heavy (non-hydrogen) atoms. The van der Waals surface area contributed by atoms with Crippen molar-refractivity contribution in [3.8, 4) is 0 Å². The summed E-state index contributed by atoms with van der Waals surface area (Å²) in [5.41, 5.74) is 2.21. The number of hydrogen-bond acceptors (Lipinski definition) is 2. The third-order valence-electron chi connectivity index (χ3n) is 2.08. The molecular weight excluding hydrogens is 158 g/mol. The van der Waals surface area contributed by atoms with E-state index in [2.05, 4.69) is 0 Å². The lowest BCUT2D eigenvalue weighted by Crippen LogP contribution is -2.30. The first-order valence-corrected chi connectivity index (χ1v) is 3.77. The molecule has 0 bridgehead atoms. The minimum absolute atomic E-state index is 0.274. The zero-order chi connectivity index (χ0) is 8.72. The van der Waals surface area contributed by atoms with E-state index >= 15 is 0 Å². The van der Waals surface area contributed by atoms with Crippen LogP contribution < -0.4 is 5.46 Å². The fourth-order valence-electron chi connectivity index (χ4n) is 1.55. The van der Waals surface area contributed by atoms with Crippen LogP contribution in [0.3, 0.4) is 0 Å². The predicted octanol–water partition coefficient (Wildman–Crippen LogP) is 0.352. The molecule has 0 radical (unpaired) electrons. The fourth-order valence-corrected chi connectivity index (χ4v) is 1.55. The molecule has 4 heteroatoms. The summed E-state index contributed by atoms with van der Waals surface area (Å²) in [6, 6.07) is 2.80. The maximum atomic E-state index is 12.8. The van der Waals surface area contributed by atoms with Crippen molar-refractivity contribution in [3.63, 3.8) is 0 Å². The third-order valence-corrected chi connectivity index (χ3v) is 2.08. The first-order valence-electron chi connectivity index (χ1n) is 3.77. The van der Waals surface area contributed by atoms with Crippen molar-refractivity contribution in [2.24, 2.45) is 0 Å². The highest BCUT2D eigenvalue weighted by molar-refractivity contribution is 6.62. The van der Waals surface area contributed by atoms with Gasteiger partial charge in [0.2, 0.25) is 0 Å². The van der Waals surface area contributed by atoms with Gasteiger partial charge in [0.1, 0.15) is 5.82 Å². The third kappa shape index (κ3) is 1.04. The SMILES string of the molecule is Cc1cc(F)cc2c1B(O)OC2. The van der Waals surface area contributed by atoms with Crippen molar-refractivity contribution >= 4 is 12.6 Å². The highest BCUT2D eigenvalue weighted by Crippen LogP contribution is 2.14. The molecule has 0 unspecified atom stereocenters. The molecule has 0 amide bonds. The molecule has 0 saturated carbocycles. The van der Waals surface area contributed by atoms with E-state index in [1.165, 1.54) is 12.1 Å². The molecule has 1 aromatic carbocycles. The van der Waals surface area contributed by atoms with Gasteiger partial charge in [0, 0.05) is 0 Å². The predicted molar refractivity (Wildman–Crippen MR) is 43.5 cm³/mol. The number of rotatable bonds is 0. The van der Waals surface area contributed by atoms with Crippen molar-refractivity contribution in [1.29, 1.82) is 0 Å². The number of halogens is 1. The van der Waals surface area contributed by atoms with E-state index in [1.807, 2.05) is 0 Å². The Bertz CT molecular complexity index is 327. The van der Waals surface area contributed by atoms with E-state index in [0.717, 1.165) is 16.6 Å². The topological polar surface area (TPSA) is 29.5 Å². The molecule has 2 nitrogen and oxygen atoms in total. The van der Waals surface area contributed by atoms with Gasteiger partial charge >= 0.3 is 7.12 Å². The van der Waals surface area contributed by atoms with Gasteiger partial charge in [-0.3, -0.25) is 0 Å². The summed E-state index contributed by atoms with van der Waals surface area (Å²) in [7, 11) is -0.874. The summed E-state index contributed by atoms with van der Waals surface area (Å²) in [5, 5.41) is 9.31. The maximum absolute atomic E-state index is 12.8. The van der Waals surface area contributed by atoms with Crippen LogP contribution in [0.5, 0.6) is 0 Å². The van der Waals surface area contributed by atoms with Crippen LogP contribution >= 0.6 is 0 Å². The van der Waals surface area contributed by atoms with Crippen LogP contribution in [0, 0.1) is 12.7 Å². The molecular formula is C8H8BFO2. The number of hydrogen-bond donors (Lipinski definition) is 1. The van der Waals surface area contributed by atoms with Gasteiger partial charge in [0.25, 0.3) is 0 Å². The molecule has 2 rings (SSSR count). The minimum atomic E-state index is -0.874. The summed E-state index contributed by atoms with van der Waals surface area (Å²) in [5.74, 6) is -0.274. The Hall–Kier alpha value is -0.865. The van der Waals surface area contributed by atoms with Gasteiger partial charge in [-0.1, -0.05) is 0 Å². The quantitative estimate of drug-likeness (QED) is 0.563. The number of fused-ring (bicyclic) bond motifs is 1. The molecule has 1 heterocycles. The molecule has 1 aliphatic rings. The van der Waals surface area contributed by atoms with Crippen molar-refractivity contribution < 1.29 is 14.1 Å². The Kier molecular flexibility index (Phi) is 1.66. The summed E-state index contributed by atoms with van der Waals surface area (Å²) >= 11 is 0.